The number of thiophene rings is 1. The Morgan fingerprint density at radius 2 is 1.44 bits per heavy atom. The second-order valence-electron chi connectivity index (χ2n) is 7.42. The number of hydrogen-bond donors (Lipinski definition) is 0. The van der Waals surface area contributed by atoms with Gasteiger partial charge in [-0.05, 0) is 29.3 Å². The third-order valence-electron chi connectivity index (χ3n) is 5.79. The summed E-state index contributed by atoms with van der Waals surface area (Å²) in [7, 11) is 0. The van der Waals surface area contributed by atoms with Gasteiger partial charge in [0.05, 0.1) is 32.5 Å². The molecule has 0 atom stereocenters. The van der Waals surface area contributed by atoms with Gasteiger partial charge >= 0.3 is 6.18 Å². The highest BCUT2D eigenvalue weighted by atomic mass is 32.1. The van der Waals surface area contributed by atoms with Gasteiger partial charge in [0.25, 0.3) is 0 Å². The summed E-state index contributed by atoms with van der Waals surface area (Å²) in [6.07, 6.45) is -1.37. The van der Waals surface area contributed by atoms with Crippen LogP contribution in [0, 0.1) is 47.7 Å². The highest BCUT2D eigenvalue weighted by Gasteiger charge is 2.35. The van der Waals surface area contributed by atoms with Gasteiger partial charge in [0.2, 0.25) is 12.4 Å². The molecule has 34 heavy (non-hydrogen) atoms. The first-order valence-corrected chi connectivity index (χ1v) is 10.4. The second-order valence-corrected chi connectivity index (χ2v) is 8.44. The zero-order chi connectivity index (χ0) is 24.4. The first-order valence-electron chi connectivity index (χ1n) is 9.56. The summed E-state index contributed by atoms with van der Waals surface area (Å²) in [5, 5.41) is 31.0. The van der Waals surface area contributed by atoms with Crippen molar-refractivity contribution >= 4 is 58.7 Å². The smallest absolute Gasteiger partial charge is 0.237 e. The average Bonchev–Trinajstić information content (AvgIpc) is 3.41. The van der Waals surface area contributed by atoms with Gasteiger partial charge in [-0.2, -0.15) is 38.9 Å². The maximum Gasteiger partial charge on any atom is 0.417 e. The Labute approximate surface area is 192 Å². The number of aryl methyl sites for hydroxylation is 1. The van der Waals surface area contributed by atoms with Crippen LogP contribution in [0.3, 0.4) is 0 Å². The van der Waals surface area contributed by atoms with Crippen molar-refractivity contribution in [1.29, 1.82) is 15.8 Å². The highest BCUT2D eigenvalue weighted by Crippen LogP contribution is 2.45. The standard InChI is InChI=1S/C24H7F3N6S/c1-10-3-4-12-17-16-11-5-6-14(24(25,26)27)13(7-28)15(11)20(32-8-29)22(16)34-23(17)21(33-9-30)18(12)19(10)31-2/h3-6H,1H3. The molecule has 0 unspecified atom stereocenters. The Kier molecular flexibility index (Phi) is 4.42. The van der Waals surface area contributed by atoms with Crippen molar-refractivity contribution in [3.8, 4) is 18.5 Å². The van der Waals surface area contributed by atoms with Crippen molar-refractivity contribution in [3.63, 3.8) is 0 Å². The average molecular weight is 468 g/mol. The lowest BCUT2D eigenvalue weighted by molar-refractivity contribution is -0.137. The van der Waals surface area contributed by atoms with E-state index in [0.29, 0.717) is 52.9 Å². The molecule has 0 aliphatic rings. The topological polar surface area (TPSA) is 100 Å². The van der Waals surface area contributed by atoms with Gasteiger partial charge in [0.1, 0.15) is 11.4 Å². The molecule has 0 N–H and O–H groups in total. The van der Waals surface area contributed by atoms with Crippen molar-refractivity contribution in [2.24, 2.45) is 9.98 Å². The molecule has 0 amide bonds. The number of fused-ring (bicyclic) bond motifs is 7. The van der Waals surface area contributed by atoms with E-state index in [4.69, 9.17) is 6.57 Å². The maximum atomic E-state index is 13.6. The van der Waals surface area contributed by atoms with Crippen LogP contribution in [-0.2, 0) is 6.18 Å². The summed E-state index contributed by atoms with van der Waals surface area (Å²) in [5.41, 5.74) is -0.687. The number of benzene rings is 2. The second kappa shape index (κ2) is 7.12. The van der Waals surface area contributed by atoms with Gasteiger partial charge in [-0.25, -0.2) is 4.85 Å². The minimum absolute atomic E-state index is 0.0232. The summed E-state index contributed by atoms with van der Waals surface area (Å²) < 4.78 is 41.8. The number of alkyl halides is 3. The first kappa shape index (κ1) is 21.1. The molecule has 0 bridgehead atoms. The number of halogens is 3. The van der Waals surface area contributed by atoms with Crippen molar-refractivity contribution in [1.82, 2.24) is 0 Å². The molecule has 0 saturated heterocycles. The fraction of sp³-hybridized carbons (Fsp3) is 0.0833. The third kappa shape index (κ3) is 2.58. The monoisotopic (exact) mass is 468 g/mol. The molecule has 0 saturated carbocycles. The van der Waals surface area contributed by atoms with Crippen molar-refractivity contribution in [2.45, 2.75) is 13.1 Å². The van der Waals surface area contributed by atoms with Crippen LogP contribution >= 0.6 is 11.3 Å². The zero-order valence-corrected chi connectivity index (χ0v) is 17.9. The fourth-order valence-corrected chi connectivity index (χ4v) is 5.84. The Bertz CT molecular complexity index is 2010. The molecular weight excluding hydrogens is 461 g/mol. The lowest BCUT2D eigenvalue weighted by atomic mass is 10.0. The molecular formula is C24H7F3N6S. The predicted octanol–water partition coefficient (Wildman–Crippen LogP) is 5.75. The molecule has 1 heterocycles. The van der Waals surface area contributed by atoms with Crippen LogP contribution in [0.1, 0.15) is 16.7 Å². The SMILES string of the molecule is [C-]#[N+]c1c(C)ccc2c1c(=NC#N)c1sc3c(=NC#N)c4c(C#N)c(C(F)(F)F)ccc4c3c12. The van der Waals surface area contributed by atoms with Crippen LogP contribution in [0.4, 0.5) is 18.9 Å². The normalized spacial score (nSPS) is 12.9. The molecule has 0 aliphatic carbocycles. The van der Waals surface area contributed by atoms with E-state index in [2.05, 4.69) is 14.8 Å². The highest BCUT2D eigenvalue weighted by molar-refractivity contribution is 7.26. The number of rotatable bonds is 0. The predicted molar refractivity (Wildman–Crippen MR) is 120 cm³/mol. The zero-order valence-electron chi connectivity index (χ0n) is 17.0. The Morgan fingerprint density at radius 1 is 0.882 bits per heavy atom. The Balaban J connectivity index is 2.17. The van der Waals surface area contributed by atoms with E-state index >= 15 is 0 Å². The molecule has 1 aromatic heterocycles. The Hall–Kier alpha value is -4.77. The molecule has 160 valence electrons. The summed E-state index contributed by atoms with van der Waals surface area (Å²) in [4.78, 5) is 11.4. The molecule has 10 heteroatoms. The molecule has 5 rings (SSSR count). The number of nitrogens with zero attached hydrogens (tertiary/aromatic N) is 6. The van der Waals surface area contributed by atoms with E-state index in [9.17, 15) is 29.0 Å². The van der Waals surface area contributed by atoms with E-state index in [1.165, 1.54) is 6.07 Å². The van der Waals surface area contributed by atoms with Crippen LogP contribution in [0.2, 0.25) is 0 Å². The molecule has 0 fully saturated rings. The van der Waals surface area contributed by atoms with Gasteiger partial charge in [0, 0.05) is 21.5 Å². The van der Waals surface area contributed by atoms with Gasteiger partial charge in [-0.1, -0.05) is 18.2 Å². The van der Waals surface area contributed by atoms with Crippen molar-refractivity contribution in [2.75, 3.05) is 0 Å². The quantitative estimate of drug-likeness (QED) is 0.214. The van der Waals surface area contributed by atoms with Crippen LogP contribution in [-0.4, -0.2) is 0 Å². The van der Waals surface area contributed by atoms with Crippen molar-refractivity contribution in [3.05, 3.63) is 63.1 Å². The van der Waals surface area contributed by atoms with E-state index in [-0.39, 0.29) is 10.7 Å². The molecule has 0 radical (unpaired) electrons. The van der Waals surface area contributed by atoms with Gasteiger partial charge in [-0.3, -0.25) is 0 Å². The van der Waals surface area contributed by atoms with Crippen LogP contribution in [0.5, 0.6) is 0 Å². The van der Waals surface area contributed by atoms with Gasteiger partial charge in [0.15, 0.2) is 5.69 Å². The van der Waals surface area contributed by atoms with E-state index in [1.807, 2.05) is 0 Å². The molecule has 4 aromatic carbocycles. The number of hydrogen-bond acceptors (Lipinski definition) is 6. The largest absolute Gasteiger partial charge is 0.417 e. The van der Waals surface area contributed by atoms with Crippen LogP contribution < -0.4 is 10.7 Å². The van der Waals surface area contributed by atoms with Crippen molar-refractivity contribution < 1.29 is 13.2 Å². The fourth-order valence-electron chi connectivity index (χ4n) is 4.52. The molecule has 0 spiro atoms. The van der Waals surface area contributed by atoms with Gasteiger partial charge in [-0.15, -0.1) is 11.3 Å². The van der Waals surface area contributed by atoms with E-state index < -0.39 is 17.3 Å². The van der Waals surface area contributed by atoms with Gasteiger partial charge < -0.3 is 0 Å². The molecule has 0 aliphatic heterocycles. The summed E-state index contributed by atoms with van der Waals surface area (Å²) >= 11 is 1.12. The summed E-state index contributed by atoms with van der Waals surface area (Å²) in [6, 6.07) is 7.29. The van der Waals surface area contributed by atoms with Crippen LogP contribution in [0.25, 0.3) is 46.6 Å². The third-order valence-corrected chi connectivity index (χ3v) is 6.99. The summed E-state index contributed by atoms with van der Waals surface area (Å²) in [6.45, 7) is 9.38. The lowest BCUT2D eigenvalue weighted by Crippen LogP contribution is -2.10. The maximum absolute atomic E-state index is 13.6. The first-order chi connectivity index (χ1) is 16.3. The molecule has 6 nitrogen and oxygen atoms in total. The minimum atomic E-state index is -4.77. The summed E-state index contributed by atoms with van der Waals surface area (Å²) in [5.74, 6) is 0. The van der Waals surface area contributed by atoms with Crippen LogP contribution in [0.15, 0.2) is 34.3 Å². The van der Waals surface area contributed by atoms with E-state index in [1.54, 1.807) is 37.5 Å². The van der Waals surface area contributed by atoms with E-state index in [0.717, 1.165) is 17.4 Å². The number of nitriles is 3. The molecule has 5 aromatic rings. The Morgan fingerprint density at radius 3 is 1.97 bits per heavy atom. The lowest BCUT2D eigenvalue weighted by Gasteiger charge is -2.09. The minimum Gasteiger partial charge on any atom is -0.237 e.